The van der Waals surface area contributed by atoms with E-state index in [-0.39, 0.29) is 0 Å². The van der Waals surface area contributed by atoms with Crippen molar-refractivity contribution in [1.29, 1.82) is 0 Å². The number of hydrogen-bond donors (Lipinski definition) is 0. The van der Waals surface area contributed by atoms with Gasteiger partial charge in [-0.2, -0.15) is 0 Å². The molecule has 0 aliphatic heterocycles. The minimum absolute atomic E-state index is 0.643. The molecule has 3 nitrogen and oxygen atoms in total. The van der Waals surface area contributed by atoms with E-state index in [9.17, 15) is 0 Å². The fourth-order valence-electron chi connectivity index (χ4n) is 6.41. The molecule has 0 N–H and O–H groups in total. The monoisotopic (exact) mass is 613 g/mol. The van der Waals surface area contributed by atoms with Crippen LogP contribution in [0.4, 0.5) is 0 Å². The van der Waals surface area contributed by atoms with Crippen molar-refractivity contribution in [3.63, 3.8) is 0 Å². The molecule has 0 radical (unpaired) electrons. The van der Waals surface area contributed by atoms with Crippen molar-refractivity contribution in [2.24, 2.45) is 0 Å². The van der Waals surface area contributed by atoms with Crippen LogP contribution in [0.5, 0.6) is 0 Å². The predicted octanol–water partition coefficient (Wildman–Crippen LogP) is 9.89. The second kappa shape index (κ2) is 12.4. The highest BCUT2D eigenvalue weighted by molar-refractivity contribution is 6.09. The molecule has 3 heteroatoms. The second-order valence-corrected chi connectivity index (χ2v) is 11.8. The normalized spacial score (nSPS) is 11.6. The first kappa shape index (κ1) is 29.0. The van der Waals surface area contributed by atoms with Crippen molar-refractivity contribution in [2.75, 3.05) is 0 Å². The molecule has 1 heterocycles. The van der Waals surface area contributed by atoms with E-state index in [4.69, 9.17) is 15.0 Å². The van der Waals surface area contributed by atoms with Crippen LogP contribution in [0.1, 0.15) is 0 Å². The third-order valence-corrected chi connectivity index (χ3v) is 8.83. The molecule has 48 heavy (non-hydrogen) atoms. The molecule has 0 bridgehead atoms. The third-order valence-electron chi connectivity index (χ3n) is 8.83. The average Bonchev–Trinajstić information content (AvgIpc) is 3.17. The van der Waals surface area contributed by atoms with Crippen molar-refractivity contribution in [2.45, 2.75) is 0 Å². The van der Waals surface area contributed by atoms with Gasteiger partial charge in [0, 0.05) is 16.7 Å². The van der Waals surface area contributed by atoms with E-state index in [0.29, 0.717) is 17.5 Å². The van der Waals surface area contributed by atoms with Gasteiger partial charge in [0.15, 0.2) is 17.5 Å². The SMILES string of the molecule is C=C/C=c1\c(=C)c2ccccc2c2cc(-c3cccc(-c4ccc(-c5nc(-c6ccccc6)nc(-c6ccccc6)n5)cc4)c3)ccc12. The molecule has 0 aliphatic rings. The molecule has 0 saturated heterocycles. The molecule has 0 aliphatic carbocycles. The smallest absolute Gasteiger partial charge is 0.164 e. The average molecular weight is 614 g/mol. The van der Waals surface area contributed by atoms with Crippen LogP contribution in [0, 0.1) is 0 Å². The Morgan fingerprint density at radius 1 is 0.375 bits per heavy atom. The van der Waals surface area contributed by atoms with E-state index in [1.165, 1.54) is 21.7 Å². The van der Waals surface area contributed by atoms with E-state index < -0.39 is 0 Å². The number of allylic oxidation sites excluding steroid dienone is 1. The maximum Gasteiger partial charge on any atom is 0.164 e. The first-order valence-electron chi connectivity index (χ1n) is 16.0. The van der Waals surface area contributed by atoms with Crippen LogP contribution in [0.15, 0.2) is 164 Å². The van der Waals surface area contributed by atoms with Gasteiger partial charge in [0.05, 0.1) is 0 Å². The lowest BCUT2D eigenvalue weighted by atomic mass is 9.93. The summed E-state index contributed by atoms with van der Waals surface area (Å²) < 4.78 is 0. The molecule has 226 valence electrons. The molecule has 0 unspecified atom stereocenters. The lowest BCUT2D eigenvalue weighted by Gasteiger charge is -2.11. The summed E-state index contributed by atoms with van der Waals surface area (Å²) in [5, 5.41) is 6.90. The first-order valence-corrected chi connectivity index (χ1v) is 16.0. The minimum atomic E-state index is 0.643. The van der Waals surface area contributed by atoms with E-state index in [2.05, 4.69) is 110 Å². The standard InChI is InChI=1S/C45H31N3/c1-3-13-38-30(2)39-20-10-11-21-40(39)42-29-37(26-27-41(38)42)36-19-12-18-35(28-36)31-22-24-34(25-23-31)45-47-43(32-14-6-4-7-15-32)46-44(48-45)33-16-8-5-9-17-33/h3-29H,1-2H2/b38-13+. The number of benzene rings is 7. The van der Waals surface area contributed by atoms with Crippen LogP contribution in [0.25, 0.3) is 90.6 Å². The van der Waals surface area contributed by atoms with Gasteiger partial charge in [-0.1, -0.05) is 165 Å². The van der Waals surface area contributed by atoms with Crippen LogP contribution < -0.4 is 10.4 Å². The fraction of sp³-hybridized carbons (Fsp3) is 0. The summed E-state index contributed by atoms with van der Waals surface area (Å²) in [4.78, 5) is 14.6. The van der Waals surface area contributed by atoms with Gasteiger partial charge in [-0.25, -0.2) is 15.0 Å². The zero-order valence-electron chi connectivity index (χ0n) is 26.3. The van der Waals surface area contributed by atoms with E-state index in [1.807, 2.05) is 66.7 Å². The molecule has 8 aromatic rings. The van der Waals surface area contributed by atoms with E-state index in [0.717, 1.165) is 49.2 Å². The van der Waals surface area contributed by atoms with E-state index >= 15 is 0 Å². The molecule has 0 saturated carbocycles. The lowest BCUT2D eigenvalue weighted by Crippen LogP contribution is -2.24. The highest BCUT2D eigenvalue weighted by Gasteiger charge is 2.13. The number of nitrogens with zero attached hydrogens (tertiary/aromatic N) is 3. The topological polar surface area (TPSA) is 38.7 Å². The molecule has 0 amide bonds. The van der Waals surface area contributed by atoms with Crippen molar-refractivity contribution in [3.05, 3.63) is 175 Å². The van der Waals surface area contributed by atoms with Crippen molar-refractivity contribution < 1.29 is 0 Å². The molecule has 0 fully saturated rings. The first-order chi connectivity index (χ1) is 23.7. The second-order valence-electron chi connectivity index (χ2n) is 11.8. The molecule has 1 aromatic heterocycles. The highest BCUT2D eigenvalue weighted by Crippen LogP contribution is 2.32. The number of rotatable bonds is 6. The van der Waals surface area contributed by atoms with Gasteiger partial charge < -0.3 is 0 Å². The Morgan fingerprint density at radius 2 is 0.833 bits per heavy atom. The predicted molar refractivity (Wildman–Crippen MR) is 201 cm³/mol. The largest absolute Gasteiger partial charge is 0.208 e. The molecular weight excluding hydrogens is 583 g/mol. The number of hydrogen-bond acceptors (Lipinski definition) is 3. The van der Waals surface area contributed by atoms with Gasteiger partial charge >= 0.3 is 0 Å². The zero-order valence-corrected chi connectivity index (χ0v) is 26.3. The van der Waals surface area contributed by atoms with Gasteiger partial charge in [0.1, 0.15) is 0 Å². The van der Waals surface area contributed by atoms with Crippen LogP contribution in [-0.4, -0.2) is 15.0 Å². The summed E-state index contributed by atoms with van der Waals surface area (Å²) >= 11 is 0. The number of aromatic nitrogens is 3. The molecule has 8 rings (SSSR count). The zero-order chi connectivity index (χ0) is 32.5. The van der Waals surface area contributed by atoms with Gasteiger partial charge in [-0.3, -0.25) is 0 Å². The Labute approximate surface area is 279 Å². The van der Waals surface area contributed by atoms with E-state index in [1.54, 1.807) is 0 Å². The summed E-state index contributed by atoms with van der Waals surface area (Å²) in [5.74, 6) is 1.95. The molecule has 7 aromatic carbocycles. The lowest BCUT2D eigenvalue weighted by molar-refractivity contribution is 1.07. The van der Waals surface area contributed by atoms with Crippen molar-refractivity contribution in [3.8, 4) is 56.4 Å². The summed E-state index contributed by atoms with van der Waals surface area (Å²) in [6.07, 6.45) is 3.90. The summed E-state index contributed by atoms with van der Waals surface area (Å²) in [6.45, 7) is 8.36. The summed E-state index contributed by atoms with van der Waals surface area (Å²) in [5.41, 5.74) is 7.43. The minimum Gasteiger partial charge on any atom is -0.208 e. The Morgan fingerprint density at radius 3 is 1.44 bits per heavy atom. The van der Waals surface area contributed by atoms with Gasteiger partial charge in [-0.15, -0.1) is 0 Å². The van der Waals surface area contributed by atoms with Crippen LogP contribution in [0.2, 0.25) is 0 Å². The Bertz CT molecular complexity index is 2510. The van der Waals surface area contributed by atoms with Gasteiger partial charge in [0.25, 0.3) is 0 Å². The highest BCUT2D eigenvalue weighted by atomic mass is 15.0. The Balaban J connectivity index is 1.17. The van der Waals surface area contributed by atoms with Crippen molar-refractivity contribution in [1.82, 2.24) is 15.0 Å². The summed E-state index contributed by atoms with van der Waals surface area (Å²) in [6, 6.07) is 52.5. The van der Waals surface area contributed by atoms with Gasteiger partial charge in [-0.05, 0) is 66.4 Å². The van der Waals surface area contributed by atoms with Crippen LogP contribution >= 0.6 is 0 Å². The Kier molecular flexibility index (Phi) is 7.48. The molecule has 0 atom stereocenters. The molecule has 0 spiro atoms. The summed E-state index contributed by atoms with van der Waals surface area (Å²) in [7, 11) is 0. The van der Waals surface area contributed by atoms with Gasteiger partial charge in [0.2, 0.25) is 0 Å². The number of fused-ring (bicyclic) bond motifs is 3. The third kappa shape index (κ3) is 5.38. The fourth-order valence-corrected chi connectivity index (χ4v) is 6.41. The van der Waals surface area contributed by atoms with Crippen LogP contribution in [-0.2, 0) is 0 Å². The van der Waals surface area contributed by atoms with Crippen molar-refractivity contribution >= 4 is 34.2 Å². The quantitative estimate of drug-likeness (QED) is 0.175. The Hall–Kier alpha value is -6.45. The molecular formula is C45H31N3. The van der Waals surface area contributed by atoms with Crippen LogP contribution in [0.3, 0.4) is 0 Å². The maximum atomic E-state index is 4.89. The maximum absolute atomic E-state index is 4.89.